The number of aromatic nitrogens is 1. The van der Waals surface area contributed by atoms with Crippen LogP contribution in [-0.2, 0) is 0 Å². The molecule has 0 aromatic carbocycles. The van der Waals surface area contributed by atoms with Gasteiger partial charge in [0, 0.05) is 18.8 Å². The Morgan fingerprint density at radius 3 is 3.12 bits per heavy atom. The van der Waals surface area contributed by atoms with Gasteiger partial charge in [-0.15, -0.1) is 12.4 Å². The van der Waals surface area contributed by atoms with Crippen molar-refractivity contribution in [3.8, 4) is 11.9 Å². The molecule has 1 aromatic heterocycles. The lowest BCUT2D eigenvalue weighted by Crippen LogP contribution is -2.37. The molecule has 1 atom stereocenters. The van der Waals surface area contributed by atoms with Crippen LogP contribution in [0.5, 0.6) is 5.88 Å². The number of hydrogen-bond donors (Lipinski definition) is 1. The van der Waals surface area contributed by atoms with Gasteiger partial charge in [-0.3, -0.25) is 0 Å². The third kappa shape index (κ3) is 3.37. The van der Waals surface area contributed by atoms with Crippen LogP contribution >= 0.6 is 12.4 Å². The van der Waals surface area contributed by atoms with Gasteiger partial charge in [0.1, 0.15) is 6.10 Å². The Kier molecular flexibility index (Phi) is 5.03. The van der Waals surface area contributed by atoms with E-state index in [0.29, 0.717) is 11.4 Å². The number of rotatable bonds is 2. The van der Waals surface area contributed by atoms with Gasteiger partial charge in [-0.2, -0.15) is 5.26 Å². The maximum absolute atomic E-state index is 8.72. The highest BCUT2D eigenvalue weighted by Crippen LogP contribution is 2.13. The van der Waals surface area contributed by atoms with Crippen molar-refractivity contribution in [1.82, 2.24) is 10.3 Å². The zero-order valence-corrected chi connectivity index (χ0v) is 9.67. The molecule has 0 amide bonds. The van der Waals surface area contributed by atoms with Crippen molar-refractivity contribution < 1.29 is 4.74 Å². The van der Waals surface area contributed by atoms with Gasteiger partial charge in [0.2, 0.25) is 5.88 Å². The second kappa shape index (κ2) is 6.31. The Morgan fingerprint density at radius 1 is 1.56 bits per heavy atom. The Hall–Kier alpha value is -1.31. The molecule has 0 radical (unpaired) electrons. The lowest BCUT2D eigenvalue weighted by Gasteiger charge is -2.23. The summed E-state index contributed by atoms with van der Waals surface area (Å²) in [5.41, 5.74) is 0.587. The van der Waals surface area contributed by atoms with E-state index in [-0.39, 0.29) is 18.5 Å². The summed E-state index contributed by atoms with van der Waals surface area (Å²) >= 11 is 0. The van der Waals surface area contributed by atoms with E-state index in [9.17, 15) is 0 Å². The largest absolute Gasteiger partial charge is 0.473 e. The molecule has 86 valence electrons. The molecule has 2 heterocycles. The molecule has 0 aliphatic carbocycles. The summed E-state index contributed by atoms with van der Waals surface area (Å²) in [6, 6.07) is 5.42. The monoisotopic (exact) mass is 239 g/mol. The topological polar surface area (TPSA) is 57.9 Å². The van der Waals surface area contributed by atoms with Crippen LogP contribution in [0, 0.1) is 11.3 Å². The SMILES string of the molecule is Cl.N#Cc1ccnc(OC2CCCNC2)c1. The fourth-order valence-electron chi connectivity index (χ4n) is 1.63. The molecule has 0 spiro atoms. The van der Waals surface area contributed by atoms with Gasteiger partial charge < -0.3 is 10.1 Å². The summed E-state index contributed by atoms with van der Waals surface area (Å²) in [6.07, 6.45) is 3.96. The lowest BCUT2D eigenvalue weighted by atomic mass is 10.1. The predicted molar refractivity (Wildman–Crippen MR) is 62.7 cm³/mol. The Labute approximate surface area is 101 Å². The van der Waals surface area contributed by atoms with E-state index in [4.69, 9.17) is 10.00 Å². The summed E-state index contributed by atoms with van der Waals surface area (Å²) in [4.78, 5) is 4.08. The molecular formula is C11H14ClN3O. The third-order valence-corrected chi connectivity index (χ3v) is 2.40. The van der Waals surface area contributed by atoms with E-state index < -0.39 is 0 Å². The highest BCUT2D eigenvalue weighted by molar-refractivity contribution is 5.85. The number of nitriles is 1. The van der Waals surface area contributed by atoms with Crippen molar-refractivity contribution in [2.45, 2.75) is 18.9 Å². The second-order valence-corrected chi connectivity index (χ2v) is 3.58. The molecule has 1 aliphatic heterocycles. The lowest BCUT2D eigenvalue weighted by molar-refractivity contribution is 0.160. The minimum atomic E-state index is 0. The first kappa shape index (κ1) is 12.8. The minimum Gasteiger partial charge on any atom is -0.473 e. The van der Waals surface area contributed by atoms with Crippen LogP contribution in [0.4, 0.5) is 0 Å². The standard InChI is InChI=1S/C11H13N3O.ClH/c12-7-9-3-5-14-11(6-9)15-10-2-1-4-13-8-10;/h3,5-6,10,13H,1-2,4,8H2;1H. The minimum absolute atomic E-state index is 0. The fraction of sp³-hybridized carbons (Fsp3) is 0.455. The van der Waals surface area contributed by atoms with Crippen LogP contribution in [0.15, 0.2) is 18.3 Å². The van der Waals surface area contributed by atoms with Crippen molar-refractivity contribution in [3.05, 3.63) is 23.9 Å². The Morgan fingerprint density at radius 2 is 2.44 bits per heavy atom. The smallest absolute Gasteiger partial charge is 0.214 e. The van der Waals surface area contributed by atoms with Gasteiger partial charge in [0.15, 0.2) is 0 Å². The van der Waals surface area contributed by atoms with Gasteiger partial charge >= 0.3 is 0 Å². The van der Waals surface area contributed by atoms with Gasteiger partial charge in [-0.25, -0.2) is 4.98 Å². The normalized spacial score (nSPS) is 19.3. The van der Waals surface area contributed by atoms with Crippen LogP contribution in [0.1, 0.15) is 18.4 Å². The molecule has 1 N–H and O–H groups in total. The van der Waals surface area contributed by atoms with Crippen molar-refractivity contribution in [2.24, 2.45) is 0 Å². The van der Waals surface area contributed by atoms with E-state index in [1.165, 1.54) is 0 Å². The van der Waals surface area contributed by atoms with Crippen molar-refractivity contribution in [3.63, 3.8) is 0 Å². The third-order valence-electron chi connectivity index (χ3n) is 2.40. The maximum atomic E-state index is 8.72. The average molecular weight is 240 g/mol. The van der Waals surface area contributed by atoms with Crippen LogP contribution in [0.2, 0.25) is 0 Å². The van der Waals surface area contributed by atoms with Crippen molar-refractivity contribution in [1.29, 1.82) is 5.26 Å². The van der Waals surface area contributed by atoms with Gasteiger partial charge in [-0.1, -0.05) is 0 Å². The number of nitrogens with zero attached hydrogens (tertiary/aromatic N) is 2. The zero-order valence-electron chi connectivity index (χ0n) is 8.85. The summed E-state index contributed by atoms with van der Waals surface area (Å²) in [5.74, 6) is 0.544. The number of nitrogens with one attached hydrogen (secondary N) is 1. The molecule has 5 heteroatoms. The molecule has 0 bridgehead atoms. The average Bonchev–Trinajstić information content (AvgIpc) is 2.31. The maximum Gasteiger partial charge on any atom is 0.214 e. The predicted octanol–water partition coefficient (Wildman–Crippen LogP) is 1.51. The number of halogens is 1. The van der Waals surface area contributed by atoms with E-state index in [2.05, 4.69) is 16.4 Å². The second-order valence-electron chi connectivity index (χ2n) is 3.58. The van der Waals surface area contributed by atoms with Gasteiger partial charge in [-0.05, 0) is 25.5 Å². The summed E-state index contributed by atoms with van der Waals surface area (Å²) in [6.45, 7) is 1.92. The van der Waals surface area contributed by atoms with Gasteiger partial charge in [0.05, 0.1) is 11.6 Å². The number of piperidine rings is 1. The quantitative estimate of drug-likeness (QED) is 0.850. The fourth-order valence-corrected chi connectivity index (χ4v) is 1.63. The van der Waals surface area contributed by atoms with E-state index in [1.54, 1.807) is 18.3 Å². The van der Waals surface area contributed by atoms with E-state index in [1.807, 2.05) is 0 Å². The molecule has 1 saturated heterocycles. The Bertz CT molecular complexity index is 372. The summed E-state index contributed by atoms with van der Waals surface area (Å²) in [5, 5.41) is 12.0. The highest BCUT2D eigenvalue weighted by Gasteiger charge is 2.14. The molecule has 1 aromatic rings. The summed E-state index contributed by atoms with van der Waals surface area (Å²) < 4.78 is 5.67. The molecular weight excluding hydrogens is 226 g/mol. The van der Waals surface area contributed by atoms with Crippen molar-refractivity contribution in [2.75, 3.05) is 13.1 Å². The molecule has 2 rings (SSSR count). The highest BCUT2D eigenvalue weighted by atomic mass is 35.5. The van der Waals surface area contributed by atoms with Crippen LogP contribution in [0.3, 0.4) is 0 Å². The zero-order chi connectivity index (χ0) is 10.5. The first-order chi connectivity index (χ1) is 7.38. The first-order valence-corrected chi connectivity index (χ1v) is 5.12. The first-order valence-electron chi connectivity index (χ1n) is 5.12. The summed E-state index contributed by atoms with van der Waals surface area (Å²) in [7, 11) is 0. The van der Waals surface area contributed by atoms with Crippen LogP contribution < -0.4 is 10.1 Å². The molecule has 1 fully saturated rings. The number of hydrogen-bond acceptors (Lipinski definition) is 4. The molecule has 0 saturated carbocycles. The van der Waals surface area contributed by atoms with Crippen LogP contribution in [-0.4, -0.2) is 24.2 Å². The van der Waals surface area contributed by atoms with E-state index >= 15 is 0 Å². The Balaban J connectivity index is 0.00000128. The number of ether oxygens (including phenoxy) is 1. The van der Waals surface area contributed by atoms with E-state index in [0.717, 1.165) is 25.9 Å². The van der Waals surface area contributed by atoms with Crippen molar-refractivity contribution >= 4 is 12.4 Å². The molecule has 4 nitrogen and oxygen atoms in total. The number of pyridine rings is 1. The molecule has 16 heavy (non-hydrogen) atoms. The van der Waals surface area contributed by atoms with Gasteiger partial charge in [0.25, 0.3) is 0 Å². The van der Waals surface area contributed by atoms with Crippen LogP contribution in [0.25, 0.3) is 0 Å². The molecule has 1 aliphatic rings. The molecule has 1 unspecified atom stereocenters.